The van der Waals surface area contributed by atoms with Crippen molar-refractivity contribution in [1.82, 2.24) is 4.90 Å². The van der Waals surface area contributed by atoms with E-state index in [1.807, 2.05) is 6.92 Å². The first-order chi connectivity index (χ1) is 15.0. The van der Waals surface area contributed by atoms with Crippen LogP contribution in [0.15, 0.2) is 54.1 Å². The van der Waals surface area contributed by atoms with Gasteiger partial charge in [-0.15, -0.1) is 0 Å². The molecule has 1 heterocycles. The molecule has 2 aromatic rings. The SMILES string of the molecule is CCCOc1cccc(/C(O)=C2/C(=O)C(=O)N(CCCOC)C2c2ccc(F)cc2)c1. The summed E-state index contributed by atoms with van der Waals surface area (Å²) < 4.78 is 24.2. The molecular weight excluding hydrogens is 401 g/mol. The number of ketones is 1. The minimum Gasteiger partial charge on any atom is -0.507 e. The second-order valence-corrected chi connectivity index (χ2v) is 7.27. The van der Waals surface area contributed by atoms with E-state index in [0.717, 1.165) is 6.42 Å². The zero-order valence-corrected chi connectivity index (χ0v) is 17.6. The highest BCUT2D eigenvalue weighted by Gasteiger charge is 2.45. The molecule has 7 heteroatoms. The lowest BCUT2D eigenvalue weighted by molar-refractivity contribution is -0.140. The van der Waals surface area contributed by atoms with Gasteiger partial charge >= 0.3 is 0 Å². The van der Waals surface area contributed by atoms with Gasteiger partial charge in [0.1, 0.15) is 17.3 Å². The van der Waals surface area contributed by atoms with Gasteiger partial charge in [0.2, 0.25) is 0 Å². The highest BCUT2D eigenvalue weighted by molar-refractivity contribution is 6.46. The molecule has 0 spiro atoms. The Morgan fingerprint density at radius 3 is 2.55 bits per heavy atom. The van der Waals surface area contributed by atoms with Crippen LogP contribution < -0.4 is 4.74 Å². The number of rotatable bonds is 9. The van der Waals surface area contributed by atoms with Crippen LogP contribution in [0, 0.1) is 5.82 Å². The van der Waals surface area contributed by atoms with E-state index in [-0.39, 0.29) is 17.9 Å². The van der Waals surface area contributed by atoms with Crippen molar-refractivity contribution in [3.05, 3.63) is 71.0 Å². The van der Waals surface area contributed by atoms with Crippen LogP contribution in [0.25, 0.3) is 5.76 Å². The number of carbonyl (C=O) groups excluding carboxylic acids is 2. The molecule has 1 atom stereocenters. The van der Waals surface area contributed by atoms with Gasteiger partial charge < -0.3 is 19.5 Å². The minimum atomic E-state index is -0.822. The largest absolute Gasteiger partial charge is 0.507 e. The molecule has 3 rings (SSSR count). The van der Waals surface area contributed by atoms with Gasteiger partial charge in [-0.1, -0.05) is 31.2 Å². The predicted octanol–water partition coefficient (Wildman–Crippen LogP) is 4.07. The number of likely N-dealkylation sites (tertiary alicyclic amines) is 1. The Balaban J connectivity index is 2.07. The molecule has 0 aromatic heterocycles. The third-order valence-corrected chi connectivity index (χ3v) is 5.05. The van der Waals surface area contributed by atoms with Crippen LogP contribution in [0.5, 0.6) is 5.75 Å². The number of hydrogen-bond acceptors (Lipinski definition) is 5. The normalized spacial score (nSPS) is 17.9. The molecule has 1 amide bonds. The number of halogens is 1. The topological polar surface area (TPSA) is 76.1 Å². The van der Waals surface area contributed by atoms with Gasteiger partial charge in [0.05, 0.1) is 18.2 Å². The van der Waals surface area contributed by atoms with Gasteiger partial charge in [0, 0.05) is 25.8 Å². The van der Waals surface area contributed by atoms with E-state index in [1.165, 1.54) is 29.2 Å². The Bertz CT molecular complexity index is 970. The molecule has 31 heavy (non-hydrogen) atoms. The number of amides is 1. The summed E-state index contributed by atoms with van der Waals surface area (Å²) in [6, 6.07) is 11.5. The molecule has 1 saturated heterocycles. The van der Waals surface area contributed by atoms with Gasteiger partial charge in [-0.3, -0.25) is 9.59 Å². The number of Topliss-reactive ketones (excluding diaryl/α,β-unsaturated/α-hetero) is 1. The summed E-state index contributed by atoms with van der Waals surface area (Å²) in [6.07, 6.45) is 1.34. The maximum atomic E-state index is 13.5. The van der Waals surface area contributed by atoms with Crippen LogP contribution in [0.1, 0.15) is 36.9 Å². The van der Waals surface area contributed by atoms with E-state index < -0.39 is 23.5 Å². The van der Waals surface area contributed by atoms with E-state index in [2.05, 4.69) is 0 Å². The van der Waals surface area contributed by atoms with Crippen LogP contribution in [0.2, 0.25) is 0 Å². The fourth-order valence-electron chi connectivity index (χ4n) is 3.59. The number of carbonyl (C=O) groups is 2. The first kappa shape index (κ1) is 22.5. The average molecular weight is 427 g/mol. The lowest BCUT2D eigenvalue weighted by Crippen LogP contribution is -2.31. The summed E-state index contributed by atoms with van der Waals surface area (Å²) in [5.74, 6) is -1.64. The maximum absolute atomic E-state index is 13.5. The fraction of sp³-hybridized carbons (Fsp3) is 0.333. The van der Waals surface area contributed by atoms with Gasteiger partial charge in [0.15, 0.2) is 0 Å². The number of hydrogen-bond donors (Lipinski definition) is 1. The lowest BCUT2D eigenvalue weighted by atomic mass is 9.95. The van der Waals surface area contributed by atoms with Crippen molar-refractivity contribution >= 4 is 17.4 Å². The fourth-order valence-corrected chi connectivity index (χ4v) is 3.59. The van der Waals surface area contributed by atoms with Gasteiger partial charge in [0.25, 0.3) is 11.7 Å². The van der Waals surface area contributed by atoms with Crippen LogP contribution in [0.3, 0.4) is 0 Å². The Morgan fingerprint density at radius 1 is 1.13 bits per heavy atom. The summed E-state index contributed by atoms with van der Waals surface area (Å²) in [7, 11) is 1.55. The number of ether oxygens (including phenoxy) is 2. The molecule has 1 fully saturated rings. The molecule has 164 valence electrons. The first-order valence-electron chi connectivity index (χ1n) is 10.2. The Labute approximate surface area is 180 Å². The molecule has 1 aliphatic rings. The molecule has 1 N–H and O–H groups in total. The molecule has 0 saturated carbocycles. The molecule has 1 aliphatic heterocycles. The predicted molar refractivity (Wildman–Crippen MR) is 114 cm³/mol. The van der Waals surface area contributed by atoms with Gasteiger partial charge in [-0.05, 0) is 42.7 Å². The Kier molecular flexibility index (Phi) is 7.41. The third-order valence-electron chi connectivity index (χ3n) is 5.05. The van der Waals surface area contributed by atoms with Crippen LogP contribution in [0.4, 0.5) is 4.39 Å². The number of benzene rings is 2. The van der Waals surface area contributed by atoms with Crippen LogP contribution in [-0.2, 0) is 14.3 Å². The number of methoxy groups -OCH3 is 1. The molecule has 0 bridgehead atoms. The van der Waals surface area contributed by atoms with Crippen molar-refractivity contribution < 1.29 is 28.6 Å². The molecule has 0 radical (unpaired) electrons. The van der Waals surface area contributed by atoms with Gasteiger partial charge in [-0.2, -0.15) is 0 Å². The second kappa shape index (κ2) is 10.2. The van der Waals surface area contributed by atoms with Crippen LogP contribution in [-0.4, -0.2) is 48.6 Å². The van der Waals surface area contributed by atoms with Crippen molar-refractivity contribution in [2.75, 3.05) is 26.9 Å². The zero-order chi connectivity index (χ0) is 22.4. The number of nitrogens with zero attached hydrogens (tertiary/aromatic N) is 1. The maximum Gasteiger partial charge on any atom is 0.295 e. The lowest BCUT2D eigenvalue weighted by Gasteiger charge is -2.25. The summed E-state index contributed by atoms with van der Waals surface area (Å²) in [5, 5.41) is 11.1. The molecule has 6 nitrogen and oxygen atoms in total. The first-order valence-corrected chi connectivity index (χ1v) is 10.2. The van der Waals surface area contributed by atoms with E-state index in [0.29, 0.717) is 36.5 Å². The smallest absolute Gasteiger partial charge is 0.295 e. The van der Waals surface area contributed by atoms with Gasteiger partial charge in [-0.25, -0.2) is 4.39 Å². The van der Waals surface area contributed by atoms with Crippen molar-refractivity contribution in [1.29, 1.82) is 0 Å². The van der Waals surface area contributed by atoms with Crippen molar-refractivity contribution in [2.24, 2.45) is 0 Å². The second-order valence-electron chi connectivity index (χ2n) is 7.27. The standard InChI is InChI=1S/C24H26FNO5/c1-3-13-31-19-7-4-6-17(15-19)22(27)20-21(16-8-10-18(25)11-9-16)26(12-5-14-30-2)24(29)23(20)28/h4,6-11,15,21,27H,3,5,12-14H2,1-2H3/b22-20-. The third kappa shape index (κ3) is 4.94. The zero-order valence-electron chi connectivity index (χ0n) is 17.6. The van der Waals surface area contributed by atoms with Crippen molar-refractivity contribution in [3.63, 3.8) is 0 Å². The Morgan fingerprint density at radius 2 is 1.87 bits per heavy atom. The molecular formula is C24H26FNO5. The minimum absolute atomic E-state index is 0.0262. The quantitative estimate of drug-likeness (QED) is 0.283. The highest BCUT2D eigenvalue weighted by atomic mass is 19.1. The summed E-state index contributed by atoms with van der Waals surface area (Å²) >= 11 is 0. The number of aliphatic hydroxyl groups is 1. The van der Waals surface area contributed by atoms with Crippen LogP contribution >= 0.6 is 0 Å². The number of aliphatic hydroxyl groups excluding tert-OH is 1. The summed E-state index contributed by atoms with van der Waals surface area (Å²) in [4.78, 5) is 27.1. The van der Waals surface area contributed by atoms with Crippen molar-refractivity contribution in [2.45, 2.75) is 25.8 Å². The molecule has 2 aromatic carbocycles. The summed E-state index contributed by atoms with van der Waals surface area (Å²) in [5.41, 5.74) is 0.884. The van der Waals surface area contributed by atoms with E-state index in [1.54, 1.807) is 31.4 Å². The Hall–Kier alpha value is -3.19. The van der Waals surface area contributed by atoms with E-state index >= 15 is 0 Å². The van der Waals surface area contributed by atoms with E-state index in [9.17, 15) is 19.1 Å². The average Bonchev–Trinajstić information content (AvgIpc) is 3.03. The summed E-state index contributed by atoms with van der Waals surface area (Å²) in [6.45, 7) is 3.17. The highest BCUT2D eigenvalue weighted by Crippen LogP contribution is 2.39. The monoisotopic (exact) mass is 427 g/mol. The van der Waals surface area contributed by atoms with Crippen molar-refractivity contribution in [3.8, 4) is 5.75 Å². The van der Waals surface area contributed by atoms with E-state index in [4.69, 9.17) is 9.47 Å². The molecule has 1 unspecified atom stereocenters. The molecule has 0 aliphatic carbocycles.